The molecule has 1 aliphatic rings. The summed E-state index contributed by atoms with van der Waals surface area (Å²) >= 11 is 0. The third kappa shape index (κ3) is 2.11. The lowest BCUT2D eigenvalue weighted by molar-refractivity contribution is -0.118. The van der Waals surface area contributed by atoms with Gasteiger partial charge in [-0.1, -0.05) is 12.1 Å². The smallest absolute Gasteiger partial charge is 0.236 e. The van der Waals surface area contributed by atoms with Gasteiger partial charge in [0.25, 0.3) is 0 Å². The first-order valence-electron chi connectivity index (χ1n) is 6.33. The van der Waals surface area contributed by atoms with Crippen LogP contribution in [0.2, 0.25) is 0 Å². The SMILES string of the molecule is O=C(Nc1ncccc1O)C1(c2ccc(F)cc2)CC1. The van der Waals surface area contributed by atoms with Crippen molar-refractivity contribution in [3.63, 3.8) is 0 Å². The van der Waals surface area contributed by atoms with Gasteiger partial charge in [-0.25, -0.2) is 9.37 Å². The molecular formula is C15H13FN2O2. The van der Waals surface area contributed by atoms with Crippen LogP contribution in [0.15, 0.2) is 42.6 Å². The van der Waals surface area contributed by atoms with Crippen LogP contribution in [0.5, 0.6) is 5.75 Å². The molecule has 0 radical (unpaired) electrons. The molecule has 1 aliphatic carbocycles. The number of carbonyl (C=O) groups is 1. The van der Waals surface area contributed by atoms with E-state index in [9.17, 15) is 14.3 Å². The van der Waals surface area contributed by atoms with Gasteiger partial charge in [0, 0.05) is 6.20 Å². The van der Waals surface area contributed by atoms with Crippen LogP contribution in [-0.2, 0) is 10.2 Å². The standard InChI is InChI=1S/C15H13FN2O2/c16-11-5-3-10(4-6-11)15(7-8-15)14(20)18-13-12(19)2-1-9-17-13/h1-6,9,19H,7-8H2,(H,17,18,20). The van der Waals surface area contributed by atoms with Gasteiger partial charge in [-0.15, -0.1) is 0 Å². The quantitative estimate of drug-likeness (QED) is 0.902. The monoisotopic (exact) mass is 272 g/mol. The van der Waals surface area contributed by atoms with Crippen molar-refractivity contribution in [2.24, 2.45) is 0 Å². The van der Waals surface area contributed by atoms with E-state index in [4.69, 9.17) is 0 Å². The van der Waals surface area contributed by atoms with E-state index in [0.717, 1.165) is 5.56 Å². The summed E-state index contributed by atoms with van der Waals surface area (Å²) in [6, 6.07) is 8.99. The zero-order valence-corrected chi connectivity index (χ0v) is 10.6. The van der Waals surface area contributed by atoms with Gasteiger partial charge in [0.1, 0.15) is 5.82 Å². The second-order valence-corrected chi connectivity index (χ2v) is 4.91. The molecule has 102 valence electrons. The molecule has 0 spiro atoms. The van der Waals surface area contributed by atoms with E-state index in [2.05, 4.69) is 10.3 Å². The van der Waals surface area contributed by atoms with Gasteiger partial charge in [-0.3, -0.25) is 4.79 Å². The maximum atomic E-state index is 13.0. The van der Waals surface area contributed by atoms with Crippen molar-refractivity contribution in [3.8, 4) is 5.75 Å². The highest BCUT2D eigenvalue weighted by atomic mass is 19.1. The Kier molecular flexibility index (Phi) is 2.89. The van der Waals surface area contributed by atoms with Crippen LogP contribution in [0.3, 0.4) is 0 Å². The van der Waals surface area contributed by atoms with Crippen molar-refractivity contribution in [1.82, 2.24) is 4.98 Å². The Bertz CT molecular complexity index is 651. The Morgan fingerprint density at radius 2 is 1.95 bits per heavy atom. The summed E-state index contributed by atoms with van der Waals surface area (Å²) in [6.07, 6.45) is 2.91. The third-order valence-corrected chi connectivity index (χ3v) is 3.60. The normalized spacial score (nSPS) is 15.7. The number of amides is 1. The summed E-state index contributed by atoms with van der Waals surface area (Å²) in [5.41, 5.74) is 0.157. The largest absolute Gasteiger partial charge is 0.504 e. The van der Waals surface area contributed by atoms with Crippen LogP contribution < -0.4 is 5.32 Å². The summed E-state index contributed by atoms with van der Waals surface area (Å²) < 4.78 is 13.0. The lowest BCUT2D eigenvalue weighted by atomic mass is 9.95. The molecule has 1 heterocycles. The Morgan fingerprint density at radius 1 is 1.25 bits per heavy atom. The van der Waals surface area contributed by atoms with Gasteiger partial charge >= 0.3 is 0 Å². The number of nitrogens with zero attached hydrogens (tertiary/aromatic N) is 1. The molecular weight excluding hydrogens is 259 g/mol. The van der Waals surface area contributed by atoms with Crippen molar-refractivity contribution < 1.29 is 14.3 Å². The minimum Gasteiger partial charge on any atom is -0.504 e. The topological polar surface area (TPSA) is 62.2 Å². The minimum atomic E-state index is -0.627. The van der Waals surface area contributed by atoms with E-state index < -0.39 is 5.41 Å². The molecule has 0 unspecified atom stereocenters. The van der Waals surface area contributed by atoms with E-state index in [0.29, 0.717) is 12.8 Å². The lowest BCUT2D eigenvalue weighted by Crippen LogP contribution is -2.28. The fraction of sp³-hybridized carbons (Fsp3) is 0.200. The molecule has 0 saturated heterocycles. The molecule has 4 nitrogen and oxygen atoms in total. The molecule has 0 atom stereocenters. The van der Waals surface area contributed by atoms with Crippen molar-refractivity contribution in [2.45, 2.75) is 18.3 Å². The van der Waals surface area contributed by atoms with Crippen LogP contribution in [0.1, 0.15) is 18.4 Å². The minimum absolute atomic E-state index is 0.0734. The maximum Gasteiger partial charge on any atom is 0.236 e. The Morgan fingerprint density at radius 3 is 2.55 bits per heavy atom. The third-order valence-electron chi connectivity index (χ3n) is 3.60. The summed E-state index contributed by atoms with van der Waals surface area (Å²) in [6.45, 7) is 0. The van der Waals surface area contributed by atoms with Crippen LogP contribution in [0.4, 0.5) is 10.2 Å². The number of aromatic hydroxyl groups is 1. The van der Waals surface area contributed by atoms with E-state index in [1.807, 2.05) is 0 Å². The molecule has 2 aromatic rings. The first-order valence-corrected chi connectivity index (χ1v) is 6.33. The number of halogens is 1. The predicted octanol–water partition coefficient (Wildman–Crippen LogP) is 2.60. The molecule has 5 heteroatoms. The second-order valence-electron chi connectivity index (χ2n) is 4.91. The molecule has 0 aliphatic heterocycles. The zero-order valence-electron chi connectivity index (χ0n) is 10.6. The van der Waals surface area contributed by atoms with Gasteiger partial charge in [-0.2, -0.15) is 0 Å². The van der Waals surface area contributed by atoms with E-state index in [1.54, 1.807) is 18.2 Å². The van der Waals surface area contributed by atoms with E-state index >= 15 is 0 Å². The Balaban J connectivity index is 1.84. The summed E-state index contributed by atoms with van der Waals surface area (Å²) in [7, 11) is 0. The fourth-order valence-corrected chi connectivity index (χ4v) is 2.26. The number of rotatable bonds is 3. The molecule has 1 saturated carbocycles. The van der Waals surface area contributed by atoms with Crippen LogP contribution >= 0.6 is 0 Å². The molecule has 0 bridgehead atoms. The highest BCUT2D eigenvalue weighted by molar-refractivity contribution is 6.01. The number of anilines is 1. The van der Waals surface area contributed by atoms with Crippen molar-refractivity contribution in [3.05, 3.63) is 54.0 Å². The highest BCUT2D eigenvalue weighted by Crippen LogP contribution is 2.49. The summed E-state index contributed by atoms with van der Waals surface area (Å²) in [5.74, 6) is -0.480. The number of benzene rings is 1. The Hall–Kier alpha value is -2.43. The number of pyridine rings is 1. The van der Waals surface area contributed by atoms with Crippen molar-refractivity contribution in [2.75, 3.05) is 5.32 Å². The van der Waals surface area contributed by atoms with Gasteiger partial charge in [0.05, 0.1) is 5.41 Å². The molecule has 1 aromatic carbocycles. The van der Waals surface area contributed by atoms with Gasteiger partial charge in [-0.05, 0) is 42.7 Å². The average Bonchev–Trinajstić information content (AvgIpc) is 3.24. The molecule has 1 fully saturated rings. The van der Waals surface area contributed by atoms with Crippen LogP contribution in [0, 0.1) is 5.82 Å². The fourth-order valence-electron chi connectivity index (χ4n) is 2.26. The lowest BCUT2D eigenvalue weighted by Gasteiger charge is -2.15. The highest BCUT2D eigenvalue weighted by Gasteiger charge is 2.51. The molecule has 2 N–H and O–H groups in total. The van der Waals surface area contributed by atoms with Crippen molar-refractivity contribution in [1.29, 1.82) is 0 Å². The first-order chi connectivity index (χ1) is 9.62. The number of carbonyl (C=O) groups excluding carboxylic acids is 1. The summed E-state index contributed by atoms with van der Waals surface area (Å²) in [5, 5.41) is 12.3. The Labute approximate surface area is 115 Å². The van der Waals surface area contributed by atoms with Crippen molar-refractivity contribution >= 4 is 11.7 Å². The number of aromatic nitrogens is 1. The van der Waals surface area contributed by atoms with Crippen LogP contribution in [-0.4, -0.2) is 16.0 Å². The maximum absolute atomic E-state index is 13.0. The van der Waals surface area contributed by atoms with Gasteiger partial charge < -0.3 is 10.4 Å². The number of hydrogen-bond acceptors (Lipinski definition) is 3. The molecule has 1 amide bonds. The van der Waals surface area contributed by atoms with Gasteiger partial charge in [0.15, 0.2) is 11.6 Å². The van der Waals surface area contributed by atoms with E-state index in [1.165, 1.54) is 24.4 Å². The average molecular weight is 272 g/mol. The number of hydrogen-bond donors (Lipinski definition) is 2. The summed E-state index contributed by atoms with van der Waals surface area (Å²) in [4.78, 5) is 16.3. The first kappa shape index (κ1) is 12.6. The van der Waals surface area contributed by atoms with Crippen LogP contribution in [0.25, 0.3) is 0 Å². The molecule has 1 aromatic heterocycles. The number of nitrogens with one attached hydrogen (secondary N) is 1. The molecule has 3 rings (SSSR count). The predicted molar refractivity (Wildman–Crippen MR) is 71.8 cm³/mol. The second kappa shape index (κ2) is 4.59. The van der Waals surface area contributed by atoms with E-state index in [-0.39, 0.29) is 23.3 Å². The molecule has 20 heavy (non-hydrogen) atoms. The van der Waals surface area contributed by atoms with Gasteiger partial charge in [0.2, 0.25) is 5.91 Å². The zero-order chi connectivity index (χ0) is 14.2.